The van der Waals surface area contributed by atoms with Crippen molar-refractivity contribution in [1.82, 2.24) is 4.90 Å². The zero-order valence-corrected chi connectivity index (χ0v) is 10.7. The van der Waals surface area contributed by atoms with Gasteiger partial charge in [0.25, 0.3) is 0 Å². The maximum absolute atomic E-state index is 6.14. The predicted molar refractivity (Wildman–Crippen MR) is 70.7 cm³/mol. The summed E-state index contributed by atoms with van der Waals surface area (Å²) in [4.78, 5) is 4.04. The Bertz CT molecular complexity index is 461. The van der Waals surface area contributed by atoms with Crippen LogP contribution in [0.2, 0.25) is 0 Å². The number of anilines is 1. The third-order valence-corrected chi connectivity index (χ3v) is 5.13. The highest BCUT2D eigenvalue weighted by molar-refractivity contribution is 7.16. The van der Waals surface area contributed by atoms with Crippen LogP contribution in [0, 0.1) is 0 Å². The highest BCUT2D eigenvalue weighted by Gasteiger charge is 2.40. The van der Waals surface area contributed by atoms with Gasteiger partial charge >= 0.3 is 0 Å². The van der Waals surface area contributed by atoms with Gasteiger partial charge in [0, 0.05) is 22.5 Å². The van der Waals surface area contributed by atoms with Crippen molar-refractivity contribution < 1.29 is 0 Å². The molecule has 2 aliphatic rings. The van der Waals surface area contributed by atoms with Crippen LogP contribution in [0.15, 0.2) is 6.58 Å². The van der Waals surface area contributed by atoms with Gasteiger partial charge in [0.15, 0.2) is 0 Å². The molecular weight excluding hydrogens is 216 g/mol. The summed E-state index contributed by atoms with van der Waals surface area (Å²) in [6.07, 6.45) is 3.80. The number of hydrogen-bond acceptors (Lipinski definition) is 3. The van der Waals surface area contributed by atoms with Gasteiger partial charge in [-0.1, -0.05) is 6.58 Å². The van der Waals surface area contributed by atoms with Crippen molar-refractivity contribution in [1.29, 1.82) is 0 Å². The molecule has 0 amide bonds. The molecule has 1 aromatic heterocycles. The first-order chi connectivity index (χ1) is 7.59. The van der Waals surface area contributed by atoms with Crippen LogP contribution in [-0.2, 0) is 6.42 Å². The molecule has 1 aromatic rings. The van der Waals surface area contributed by atoms with Gasteiger partial charge in [-0.2, -0.15) is 0 Å². The molecule has 2 bridgehead atoms. The lowest BCUT2D eigenvalue weighted by atomic mass is 9.94. The Kier molecular flexibility index (Phi) is 2.17. The maximum Gasteiger partial charge on any atom is 0.0938 e. The van der Waals surface area contributed by atoms with Crippen LogP contribution >= 0.6 is 11.3 Å². The normalized spacial score (nSPS) is 28.1. The second kappa shape index (κ2) is 3.34. The molecule has 16 heavy (non-hydrogen) atoms. The third-order valence-electron chi connectivity index (χ3n) is 4.07. The monoisotopic (exact) mass is 234 g/mol. The van der Waals surface area contributed by atoms with Crippen molar-refractivity contribution in [2.75, 3.05) is 12.8 Å². The Labute approximate surface area is 101 Å². The van der Waals surface area contributed by atoms with Gasteiger partial charge in [-0.05, 0) is 44.4 Å². The minimum absolute atomic E-state index is 0.592. The topological polar surface area (TPSA) is 29.3 Å². The molecule has 1 fully saturated rings. The number of rotatable bonds is 1. The lowest BCUT2D eigenvalue weighted by molar-refractivity contribution is 0.226. The zero-order valence-electron chi connectivity index (χ0n) is 9.92. The molecule has 86 valence electrons. The van der Waals surface area contributed by atoms with E-state index in [1.807, 2.05) is 0 Å². The number of nitrogens with zero attached hydrogens (tertiary/aromatic N) is 1. The molecule has 2 atom stereocenters. The summed E-state index contributed by atoms with van der Waals surface area (Å²) in [5, 5.41) is 0.971. The molecule has 3 rings (SSSR count). The molecule has 0 aliphatic carbocycles. The summed E-state index contributed by atoms with van der Waals surface area (Å²) in [6, 6.07) is 1.34. The van der Waals surface area contributed by atoms with Crippen molar-refractivity contribution in [2.45, 2.75) is 38.3 Å². The average Bonchev–Trinajstić information content (AvgIpc) is 2.64. The van der Waals surface area contributed by atoms with Gasteiger partial charge in [0.1, 0.15) is 0 Å². The van der Waals surface area contributed by atoms with Crippen LogP contribution in [0.3, 0.4) is 0 Å². The molecule has 2 nitrogen and oxygen atoms in total. The first-order valence-corrected chi connectivity index (χ1v) is 6.70. The van der Waals surface area contributed by atoms with E-state index in [-0.39, 0.29) is 0 Å². The summed E-state index contributed by atoms with van der Waals surface area (Å²) in [6.45, 7) is 6.15. The Balaban J connectivity index is 2.19. The van der Waals surface area contributed by atoms with Crippen molar-refractivity contribution in [2.24, 2.45) is 0 Å². The first-order valence-electron chi connectivity index (χ1n) is 5.88. The Morgan fingerprint density at radius 1 is 1.50 bits per heavy atom. The van der Waals surface area contributed by atoms with Crippen molar-refractivity contribution in [3.8, 4) is 0 Å². The number of likely N-dealkylation sites (N-methyl/N-ethyl adjacent to an activating group) is 1. The van der Waals surface area contributed by atoms with Gasteiger partial charge in [-0.15, -0.1) is 11.3 Å². The van der Waals surface area contributed by atoms with Gasteiger partial charge in [0.05, 0.1) is 5.00 Å². The molecule has 0 spiro atoms. The van der Waals surface area contributed by atoms with E-state index >= 15 is 0 Å². The second-order valence-corrected chi connectivity index (χ2v) is 6.21. The lowest BCUT2D eigenvalue weighted by Gasteiger charge is -2.32. The first kappa shape index (κ1) is 10.4. The van der Waals surface area contributed by atoms with Crippen molar-refractivity contribution in [3.05, 3.63) is 22.6 Å². The molecule has 2 aliphatic heterocycles. The maximum atomic E-state index is 6.14. The molecule has 3 heteroatoms. The molecular formula is C13H18N2S. The fourth-order valence-electron chi connectivity index (χ4n) is 3.28. The minimum Gasteiger partial charge on any atom is -0.390 e. The van der Waals surface area contributed by atoms with Crippen molar-refractivity contribution in [3.63, 3.8) is 0 Å². The fourth-order valence-corrected chi connectivity index (χ4v) is 4.55. The van der Waals surface area contributed by atoms with Crippen LogP contribution in [0.1, 0.15) is 41.8 Å². The van der Waals surface area contributed by atoms with E-state index < -0.39 is 0 Å². The van der Waals surface area contributed by atoms with E-state index in [4.69, 9.17) is 5.73 Å². The quantitative estimate of drug-likeness (QED) is 0.809. The number of fused-ring (bicyclic) bond motifs is 4. The zero-order chi connectivity index (χ0) is 11.4. The molecule has 0 radical (unpaired) electrons. The van der Waals surface area contributed by atoms with E-state index in [2.05, 4.69) is 25.5 Å². The van der Waals surface area contributed by atoms with Gasteiger partial charge in [-0.25, -0.2) is 0 Å². The lowest BCUT2D eigenvalue weighted by Crippen LogP contribution is -2.33. The molecule has 0 aromatic carbocycles. The minimum atomic E-state index is 0.592. The molecule has 0 saturated carbocycles. The Morgan fingerprint density at radius 3 is 2.94 bits per heavy atom. The van der Waals surface area contributed by atoms with Crippen LogP contribution < -0.4 is 5.73 Å². The van der Waals surface area contributed by atoms with E-state index in [0.29, 0.717) is 6.04 Å². The highest BCUT2D eigenvalue weighted by atomic mass is 32.1. The fraction of sp³-hybridized carbons (Fsp3) is 0.538. The largest absolute Gasteiger partial charge is 0.390 e. The second-order valence-electron chi connectivity index (χ2n) is 5.08. The summed E-state index contributed by atoms with van der Waals surface area (Å²) < 4.78 is 0. The smallest absolute Gasteiger partial charge is 0.0938 e. The predicted octanol–water partition coefficient (Wildman–Crippen LogP) is 3.05. The van der Waals surface area contributed by atoms with Crippen LogP contribution in [0.4, 0.5) is 5.00 Å². The number of allylic oxidation sites excluding steroid dienone is 1. The summed E-state index contributed by atoms with van der Waals surface area (Å²) in [5.41, 5.74) is 10.00. The summed E-state index contributed by atoms with van der Waals surface area (Å²) >= 11 is 1.78. The molecule has 3 heterocycles. The number of thiophene rings is 1. The molecule has 0 unspecified atom stereocenters. The Morgan fingerprint density at radius 2 is 2.25 bits per heavy atom. The van der Waals surface area contributed by atoms with Crippen LogP contribution in [0.5, 0.6) is 0 Å². The van der Waals surface area contributed by atoms with Gasteiger partial charge < -0.3 is 5.73 Å². The van der Waals surface area contributed by atoms with Crippen LogP contribution in [0.25, 0.3) is 5.57 Å². The average molecular weight is 234 g/mol. The van der Waals surface area contributed by atoms with Crippen molar-refractivity contribution >= 4 is 21.9 Å². The van der Waals surface area contributed by atoms with E-state index in [0.717, 1.165) is 16.6 Å². The van der Waals surface area contributed by atoms with Gasteiger partial charge in [0.2, 0.25) is 0 Å². The van der Waals surface area contributed by atoms with Crippen LogP contribution in [-0.4, -0.2) is 18.0 Å². The number of nitrogen functional groups attached to an aromatic ring is 1. The molecule has 1 saturated heterocycles. The SMILES string of the molecule is C=C(C)c1c(N)sc2c1[C@H]1CC[C@@H](C2)N1C. The van der Waals surface area contributed by atoms with E-state index in [1.165, 1.54) is 35.3 Å². The third kappa shape index (κ3) is 1.22. The number of hydrogen-bond donors (Lipinski definition) is 1. The number of nitrogens with two attached hydrogens (primary N) is 1. The van der Waals surface area contributed by atoms with E-state index in [1.54, 1.807) is 11.3 Å². The molecule has 2 N–H and O–H groups in total. The summed E-state index contributed by atoms with van der Waals surface area (Å²) in [7, 11) is 2.25. The van der Waals surface area contributed by atoms with Gasteiger partial charge in [-0.3, -0.25) is 4.90 Å². The highest BCUT2D eigenvalue weighted by Crippen LogP contribution is 2.50. The summed E-state index contributed by atoms with van der Waals surface area (Å²) in [5.74, 6) is 0. The Hall–Kier alpha value is -0.800. The standard InChI is InChI=1S/C13H18N2S/c1-7(2)11-12-9-5-4-8(15(9)3)6-10(12)16-13(11)14/h8-9H,1,4-6,14H2,2-3H3/t8-,9+/m0/s1. The van der Waals surface area contributed by atoms with E-state index in [9.17, 15) is 0 Å².